The zero-order valence-electron chi connectivity index (χ0n) is 12.0. The second kappa shape index (κ2) is 7.42. The van der Waals surface area contributed by atoms with E-state index < -0.39 is 0 Å². The highest BCUT2D eigenvalue weighted by atomic mass is 19.1. The molecule has 0 radical (unpaired) electrons. The summed E-state index contributed by atoms with van der Waals surface area (Å²) in [6.45, 7) is 2.88. The molecule has 2 unspecified atom stereocenters. The third-order valence-corrected chi connectivity index (χ3v) is 3.75. The van der Waals surface area contributed by atoms with Crippen LogP contribution in [0.5, 0.6) is 0 Å². The van der Waals surface area contributed by atoms with Crippen LogP contribution >= 0.6 is 0 Å². The lowest BCUT2D eigenvalue weighted by molar-refractivity contribution is 0.00353. The van der Waals surface area contributed by atoms with Gasteiger partial charge in [-0.1, -0.05) is 37.7 Å². The van der Waals surface area contributed by atoms with Crippen LogP contribution in [0.3, 0.4) is 0 Å². The average molecular weight is 275 g/mol. The molecule has 0 heterocycles. The van der Waals surface area contributed by atoms with Crippen LogP contribution in [0, 0.1) is 23.6 Å². The molecule has 2 rings (SSSR count). The first-order valence-electron chi connectivity index (χ1n) is 7.28. The SMILES string of the molecule is CC1CCCC(OCc2ccc(C#CCN)cc2F)C1. The number of rotatable bonds is 3. The highest BCUT2D eigenvalue weighted by Gasteiger charge is 2.19. The Morgan fingerprint density at radius 3 is 2.95 bits per heavy atom. The Balaban J connectivity index is 1.92. The summed E-state index contributed by atoms with van der Waals surface area (Å²) in [4.78, 5) is 0. The van der Waals surface area contributed by atoms with Crippen molar-refractivity contribution in [1.82, 2.24) is 0 Å². The van der Waals surface area contributed by atoms with Crippen LogP contribution < -0.4 is 5.73 Å². The lowest BCUT2D eigenvalue weighted by atomic mass is 9.89. The maximum absolute atomic E-state index is 13.9. The van der Waals surface area contributed by atoms with Crippen LogP contribution in [-0.4, -0.2) is 12.6 Å². The molecular weight excluding hydrogens is 253 g/mol. The van der Waals surface area contributed by atoms with Gasteiger partial charge in [0.15, 0.2) is 0 Å². The third kappa shape index (κ3) is 4.33. The predicted octanol–water partition coefficient (Wildman–Crippen LogP) is 3.23. The minimum Gasteiger partial charge on any atom is -0.373 e. The molecule has 2 atom stereocenters. The Kier molecular flexibility index (Phi) is 5.58. The van der Waals surface area contributed by atoms with Gasteiger partial charge in [0.25, 0.3) is 0 Å². The molecular formula is C17H22FNO. The molecule has 1 aliphatic carbocycles. The summed E-state index contributed by atoms with van der Waals surface area (Å²) in [5.74, 6) is 6.01. The molecule has 1 fully saturated rings. The average Bonchev–Trinajstić information content (AvgIpc) is 2.44. The van der Waals surface area contributed by atoms with E-state index >= 15 is 0 Å². The highest BCUT2D eigenvalue weighted by molar-refractivity contribution is 5.37. The van der Waals surface area contributed by atoms with Gasteiger partial charge in [-0.3, -0.25) is 0 Å². The lowest BCUT2D eigenvalue weighted by Crippen LogP contribution is -2.21. The van der Waals surface area contributed by atoms with Crippen LogP contribution in [0.1, 0.15) is 43.7 Å². The van der Waals surface area contributed by atoms with Crippen molar-refractivity contribution >= 4 is 0 Å². The van der Waals surface area contributed by atoms with Crippen molar-refractivity contribution < 1.29 is 9.13 Å². The van der Waals surface area contributed by atoms with Crippen molar-refractivity contribution in [3.05, 3.63) is 35.1 Å². The molecule has 108 valence electrons. The van der Waals surface area contributed by atoms with Crippen molar-refractivity contribution in [2.45, 2.75) is 45.3 Å². The van der Waals surface area contributed by atoms with Gasteiger partial charge >= 0.3 is 0 Å². The number of halogens is 1. The minimum absolute atomic E-state index is 0.252. The van der Waals surface area contributed by atoms with Gasteiger partial charge in [0.1, 0.15) is 5.82 Å². The molecule has 0 aromatic heterocycles. The van der Waals surface area contributed by atoms with E-state index in [0.29, 0.717) is 23.7 Å². The molecule has 0 amide bonds. The number of hydrogen-bond donors (Lipinski definition) is 1. The Labute approximate surface area is 120 Å². The lowest BCUT2D eigenvalue weighted by Gasteiger charge is -2.26. The topological polar surface area (TPSA) is 35.2 Å². The van der Waals surface area contributed by atoms with Crippen LogP contribution in [0.4, 0.5) is 4.39 Å². The summed E-state index contributed by atoms with van der Waals surface area (Å²) < 4.78 is 19.8. The molecule has 0 spiro atoms. The van der Waals surface area contributed by atoms with Crippen molar-refractivity contribution in [1.29, 1.82) is 0 Å². The third-order valence-electron chi connectivity index (χ3n) is 3.75. The maximum atomic E-state index is 13.9. The van der Waals surface area contributed by atoms with E-state index in [1.54, 1.807) is 6.07 Å². The molecule has 1 saturated carbocycles. The first-order valence-corrected chi connectivity index (χ1v) is 7.28. The molecule has 0 aliphatic heterocycles. The molecule has 1 aromatic rings. The quantitative estimate of drug-likeness (QED) is 0.860. The first-order chi connectivity index (χ1) is 9.69. The summed E-state index contributed by atoms with van der Waals surface area (Å²) in [7, 11) is 0. The summed E-state index contributed by atoms with van der Waals surface area (Å²) in [5.41, 5.74) is 6.55. The van der Waals surface area contributed by atoms with E-state index in [4.69, 9.17) is 10.5 Å². The van der Waals surface area contributed by atoms with Gasteiger partial charge in [0, 0.05) is 11.1 Å². The molecule has 1 aromatic carbocycles. The first kappa shape index (κ1) is 15.0. The van der Waals surface area contributed by atoms with Crippen molar-refractivity contribution in [3.8, 4) is 11.8 Å². The van der Waals surface area contributed by atoms with Crippen molar-refractivity contribution in [2.24, 2.45) is 11.7 Å². The van der Waals surface area contributed by atoms with Gasteiger partial charge in [-0.15, -0.1) is 0 Å². The van der Waals surface area contributed by atoms with Gasteiger partial charge in [-0.25, -0.2) is 4.39 Å². The van der Waals surface area contributed by atoms with Crippen molar-refractivity contribution in [3.63, 3.8) is 0 Å². The molecule has 0 saturated heterocycles. The van der Waals surface area contributed by atoms with Gasteiger partial charge in [0.2, 0.25) is 0 Å². The monoisotopic (exact) mass is 275 g/mol. The standard InChI is InChI=1S/C17H22FNO/c1-13-4-2-6-16(10-13)20-12-15-8-7-14(5-3-9-19)11-17(15)18/h7-8,11,13,16H,2,4,6,9-10,12,19H2,1H3. The van der Waals surface area contributed by atoms with Gasteiger partial charge in [0.05, 0.1) is 19.3 Å². The van der Waals surface area contributed by atoms with Crippen LogP contribution in [0.2, 0.25) is 0 Å². The molecule has 3 heteroatoms. The van der Waals surface area contributed by atoms with Gasteiger partial charge in [-0.2, -0.15) is 0 Å². The molecule has 20 heavy (non-hydrogen) atoms. The van der Waals surface area contributed by atoms with Crippen LogP contribution in [-0.2, 0) is 11.3 Å². The summed E-state index contributed by atoms with van der Waals surface area (Å²) in [5, 5.41) is 0. The predicted molar refractivity (Wildman–Crippen MR) is 78.5 cm³/mol. The number of ether oxygens (including phenoxy) is 1. The van der Waals surface area contributed by atoms with E-state index in [9.17, 15) is 4.39 Å². The van der Waals surface area contributed by atoms with Crippen LogP contribution in [0.25, 0.3) is 0 Å². The van der Waals surface area contributed by atoms with Crippen LogP contribution in [0.15, 0.2) is 18.2 Å². The fourth-order valence-electron chi connectivity index (χ4n) is 2.63. The molecule has 2 N–H and O–H groups in total. The summed E-state index contributed by atoms with van der Waals surface area (Å²) in [6, 6.07) is 5.01. The van der Waals surface area contributed by atoms with E-state index in [2.05, 4.69) is 18.8 Å². The fraction of sp³-hybridized carbons (Fsp3) is 0.529. The van der Waals surface area contributed by atoms with E-state index in [-0.39, 0.29) is 18.5 Å². The van der Waals surface area contributed by atoms with E-state index in [1.165, 1.54) is 18.9 Å². The number of hydrogen-bond acceptors (Lipinski definition) is 2. The normalized spacial score (nSPS) is 22.1. The Bertz CT molecular complexity index is 503. The highest BCUT2D eigenvalue weighted by Crippen LogP contribution is 2.26. The van der Waals surface area contributed by atoms with Gasteiger partial charge in [-0.05, 0) is 30.9 Å². The number of nitrogens with two attached hydrogens (primary N) is 1. The Morgan fingerprint density at radius 1 is 1.40 bits per heavy atom. The molecule has 2 nitrogen and oxygen atoms in total. The summed E-state index contributed by atoms with van der Waals surface area (Å²) in [6.07, 6.45) is 4.94. The van der Waals surface area contributed by atoms with Gasteiger partial charge < -0.3 is 10.5 Å². The number of benzene rings is 1. The van der Waals surface area contributed by atoms with E-state index in [1.807, 2.05) is 6.07 Å². The maximum Gasteiger partial charge on any atom is 0.129 e. The second-order valence-corrected chi connectivity index (χ2v) is 5.52. The zero-order valence-corrected chi connectivity index (χ0v) is 12.0. The van der Waals surface area contributed by atoms with E-state index in [0.717, 1.165) is 12.8 Å². The minimum atomic E-state index is -0.252. The largest absolute Gasteiger partial charge is 0.373 e. The Morgan fingerprint density at radius 2 is 2.25 bits per heavy atom. The molecule has 1 aliphatic rings. The zero-order chi connectivity index (χ0) is 14.4. The Hall–Kier alpha value is -1.37. The fourth-order valence-corrected chi connectivity index (χ4v) is 2.63. The second-order valence-electron chi connectivity index (χ2n) is 5.52. The smallest absolute Gasteiger partial charge is 0.129 e. The molecule has 0 bridgehead atoms. The van der Waals surface area contributed by atoms with Crippen molar-refractivity contribution in [2.75, 3.05) is 6.54 Å². The summed E-state index contributed by atoms with van der Waals surface area (Å²) >= 11 is 0.